The second-order valence-corrected chi connectivity index (χ2v) is 5.50. The quantitative estimate of drug-likeness (QED) is 0.628. The number of hydrogen-bond donors (Lipinski definition) is 1. The molecule has 0 aliphatic carbocycles. The molecule has 0 spiro atoms. The monoisotopic (exact) mass is 290 g/mol. The highest BCUT2D eigenvalue weighted by atomic mass is 32.1. The van der Waals surface area contributed by atoms with Gasteiger partial charge in [-0.25, -0.2) is 4.99 Å². The largest absolute Gasteiger partial charge is 0.402 e. The Bertz CT molecular complexity index is 533. The highest BCUT2D eigenvalue weighted by Gasteiger charge is 2.05. The van der Waals surface area contributed by atoms with Crippen molar-refractivity contribution in [2.75, 3.05) is 0 Å². The normalized spacial score (nSPS) is 9.15. The molecule has 0 aliphatic heterocycles. The maximum atomic E-state index is 5.31. The number of hydrogen-bond acceptors (Lipinski definition) is 3. The number of rotatable bonds is 2. The second kappa shape index (κ2) is 8.68. The van der Waals surface area contributed by atoms with Crippen LogP contribution in [0.2, 0.25) is 0 Å². The zero-order chi connectivity index (χ0) is 15.9. The molecule has 0 amide bonds. The Kier molecular flexibility index (Phi) is 8.05. The summed E-state index contributed by atoms with van der Waals surface area (Å²) in [5, 5.41) is 2.41. The summed E-state index contributed by atoms with van der Waals surface area (Å²) in [6, 6.07) is 2.19. The summed E-state index contributed by atoms with van der Waals surface area (Å²) >= 11 is 4.57. The van der Waals surface area contributed by atoms with Crippen molar-refractivity contribution in [1.82, 2.24) is 0 Å². The summed E-state index contributed by atoms with van der Waals surface area (Å²) < 4.78 is 0. The Morgan fingerprint density at radius 1 is 1.10 bits per heavy atom. The molecule has 20 heavy (non-hydrogen) atoms. The smallest absolute Gasteiger partial charge is 0.0746 e. The van der Waals surface area contributed by atoms with Crippen LogP contribution >= 0.6 is 12.2 Å². The van der Waals surface area contributed by atoms with Gasteiger partial charge in [-0.15, -0.1) is 0 Å². The number of benzene rings is 1. The van der Waals surface area contributed by atoms with Crippen molar-refractivity contribution in [2.24, 2.45) is 10.7 Å². The Labute approximate surface area is 128 Å². The molecular weight excluding hydrogens is 264 g/mol. The van der Waals surface area contributed by atoms with E-state index in [1.165, 1.54) is 33.4 Å². The van der Waals surface area contributed by atoms with Crippen LogP contribution in [-0.2, 0) is 6.54 Å². The molecule has 0 aliphatic rings. The zero-order valence-corrected chi connectivity index (χ0v) is 14.5. The number of aryl methyl sites for hydroxylation is 1. The minimum Gasteiger partial charge on any atom is -0.402 e. The molecule has 1 rings (SSSR count). The molecule has 1 aromatic rings. The molecule has 3 heteroatoms. The zero-order valence-electron chi connectivity index (χ0n) is 13.7. The molecule has 0 aromatic heterocycles. The summed E-state index contributed by atoms with van der Waals surface area (Å²) in [7, 11) is 0. The van der Waals surface area contributed by atoms with Gasteiger partial charge in [0, 0.05) is 5.70 Å². The van der Waals surface area contributed by atoms with Crippen LogP contribution in [0.5, 0.6) is 0 Å². The number of nitrogens with zero attached hydrogens (tertiary/aromatic N) is 1. The molecule has 0 radical (unpaired) electrons. The molecule has 0 bridgehead atoms. The van der Waals surface area contributed by atoms with Crippen molar-refractivity contribution in [3.63, 3.8) is 0 Å². The molecule has 0 atom stereocenters. The number of thiocarbonyl (C=S) groups is 1. The van der Waals surface area contributed by atoms with E-state index in [9.17, 15) is 0 Å². The van der Waals surface area contributed by atoms with Crippen LogP contribution in [0.25, 0.3) is 0 Å². The fourth-order valence-electron chi connectivity index (χ4n) is 1.58. The minimum atomic E-state index is 0.650. The lowest BCUT2D eigenvalue weighted by atomic mass is 9.95. The van der Waals surface area contributed by atoms with Crippen molar-refractivity contribution in [3.8, 4) is 0 Å². The van der Waals surface area contributed by atoms with Crippen molar-refractivity contribution in [3.05, 3.63) is 45.2 Å². The highest BCUT2D eigenvalue weighted by molar-refractivity contribution is 7.78. The molecule has 0 heterocycles. The Morgan fingerprint density at radius 3 is 2.00 bits per heavy atom. The number of allylic oxidation sites excluding steroid dienone is 2. The Hall–Kier alpha value is -1.44. The summed E-state index contributed by atoms with van der Waals surface area (Å²) in [5.41, 5.74) is 14.1. The summed E-state index contributed by atoms with van der Waals surface area (Å²) in [6.07, 6.45) is 0. The van der Waals surface area contributed by atoms with Crippen LogP contribution in [0.1, 0.15) is 48.6 Å². The molecular formula is C17H26N2S. The van der Waals surface area contributed by atoms with Crippen molar-refractivity contribution in [1.29, 1.82) is 0 Å². The van der Waals surface area contributed by atoms with Gasteiger partial charge >= 0.3 is 0 Å². The number of aliphatic imine (C=N–C) groups is 1. The first-order valence-electron chi connectivity index (χ1n) is 6.71. The third-order valence-corrected chi connectivity index (χ3v) is 3.82. The highest BCUT2D eigenvalue weighted by Crippen LogP contribution is 2.21. The van der Waals surface area contributed by atoms with E-state index in [-0.39, 0.29) is 0 Å². The van der Waals surface area contributed by atoms with E-state index in [0.29, 0.717) is 6.54 Å². The average Bonchev–Trinajstić information content (AvgIpc) is 2.39. The maximum absolute atomic E-state index is 5.31. The first-order valence-corrected chi connectivity index (χ1v) is 7.12. The lowest BCUT2D eigenvalue weighted by Gasteiger charge is -2.12. The lowest BCUT2D eigenvalue weighted by Crippen LogP contribution is -1.96. The Morgan fingerprint density at radius 2 is 1.60 bits per heavy atom. The molecule has 1 aromatic carbocycles. The van der Waals surface area contributed by atoms with Crippen LogP contribution in [0.3, 0.4) is 0 Å². The molecule has 0 fully saturated rings. The fourth-order valence-corrected chi connectivity index (χ4v) is 1.64. The summed E-state index contributed by atoms with van der Waals surface area (Å²) in [4.78, 5) is 3.98. The van der Waals surface area contributed by atoms with E-state index in [1.54, 1.807) is 0 Å². The first kappa shape index (κ1) is 18.6. The SMILES string of the molecule is CC(C)=C(C)N.Cc1cc(CN=C=S)c(C)c(C)c1C. The van der Waals surface area contributed by atoms with Crippen LogP contribution in [0.15, 0.2) is 22.3 Å². The summed E-state index contributed by atoms with van der Waals surface area (Å²) in [6.45, 7) is 15.1. The first-order chi connectivity index (χ1) is 9.22. The Balaban J connectivity index is 0.000000511. The number of nitrogens with two attached hydrogens (primary N) is 1. The van der Waals surface area contributed by atoms with Crippen LogP contribution < -0.4 is 5.73 Å². The van der Waals surface area contributed by atoms with Gasteiger partial charge in [0.25, 0.3) is 0 Å². The van der Waals surface area contributed by atoms with E-state index in [0.717, 1.165) is 5.70 Å². The van der Waals surface area contributed by atoms with Gasteiger partial charge in [0.15, 0.2) is 0 Å². The fraction of sp³-hybridized carbons (Fsp3) is 0.471. The van der Waals surface area contributed by atoms with E-state index in [4.69, 9.17) is 5.73 Å². The van der Waals surface area contributed by atoms with E-state index in [1.807, 2.05) is 20.8 Å². The van der Waals surface area contributed by atoms with Crippen molar-refractivity contribution in [2.45, 2.75) is 55.0 Å². The van der Waals surface area contributed by atoms with Gasteiger partial charge in [0.1, 0.15) is 0 Å². The third-order valence-electron chi connectivity index (χ3n) is 3.69. The molecule has 2 N–H and O–H groups in total. The van der Waals surface area contributed by atoms with E-state index in [2.05, 4.69) is 56.1 Å². The van der Waals surface area contributed by atoms with Crippen LogP contribution in [0, 0.1) is 27.7 Å². The molecule has 110 valence electrons. The maximum Gasteiger partial charge on any atom is 0.0746 e. The van der Waals surface area contributed by atoms with Gasteiger partial charge in [-0.05, 0) is 88.5 Å². The van der Waals surface area contributed by atoms with E-state index < -0.39 is 0 Å². The van der Waals surface area contributed by atoms with Crippen LogP contribution in [0.4, 0.5) is 0 Å². The van der Waals surface area contributed by atoms with Crippen molar-refractivity contribution >= 4 is 17.4 Å². The topological polar surface area (TPSA) is 38.4 Å². The minimum absolute atomic E-state index is 0.650. The van der Waals surface area contributed by atoms with Gasteiger partial charge in [-0.1, -0.05) is 11.6 Å². The number of isothiocyanates is 1. The lowest BCUT2D eigenvalue weighted by molar-refractivity contribution is 1.03. The van der Waals surface area contributed by atoms with Crippen molar-refractivity contribution < 1.29 is 0 Å². The molecule has 0 saturated heterocycles. The van der Waals surface area contributed by atoms with Gasteiger partial charge < -0.3 is 5.73 Å². The van der Waals surface area contributed by atoms with Gasteiger partial charge in [-0.3, -0.25) is 0 Å². The van der Waals surface area contributed by atoms with Gasteiger partial charge in [0.2, 0.25) is 0 Å². The van der Waals surface area contributed by atoms with Gasteiger partial charge in [-0.2, -0.15) is 0 Å². The molecule has 0 saturated carbocycles. The standard InChI is InChI=1S/C12H15NS.C5H11N/c1-8-5-12(6-13-7-14)11(4)10(3)9(8)2;1-4(2)5(3)6/h5H,6H2,1-4H3;6H2,1-3H3. The van der Waals surface area contributed by atoms with Crippen LogP contribution in [-0.4, -0.2) is 5.16 Å². The van der Waals surface area contributed by atoms with Gasteiger partial charge in [0.05, 0.1) is 11.7 Å². The van der Waals surface area contributed by atoms with E-state index >= 15 is 0 Å². The molecule has 2 nitrogen and oxygen atoms in total. The predicted octanol–water partition coefficient (Wildman–Crippen LogP) is 4.78. The summed E-state index contributed by atoms with van der Waals surface area (Å²) in [5.74, 6) is 0. The molecule has 0 unspecified atom stereocenters. The predicted molar refractivity (Wildman–Crippen MR) is 92.4 cm³/mol. The third kappa shape index (κ3) is 5.68. The average molecular weight is 290 g/mol. The second-order valence-electron chi connectivity index (χ2n) is 5.32.